The maximum atomic E-state index is 12.5. The number of oxazole rings is 1. The summed E-state index contributed by atoms with van der Waals surface area (Å²) in [5.41, 5.74) is 1.37. The molecule has 31 heavy (non-hydrogen) atoms. The van der Waals surface area contributed by atoms with Crippen molar-refractivity contribution < 1.29 is 18.7 Å². The quantitative estimate of drug-likeness (QED) is 0.543. The number of para-hydroxylation sites is 1. The number of carbonyl (C=O) groups is 2. The summed E-state index contributed by atoms with van der Waals surface area (Å²) in [6.07, 6.45) is 5.98. The van der Waals surface area contributed by atoms with Gasteiger partial charge in [-0.05, 0) is 49.2 Å². The number of methoxy groups -OCH3 is 1. The van der Waals surface area contributed by atoms with Crippen LogP contribution in [-0.2, 0) is 14.9 Å². The van der Waals surface area contributed by atoms with Crippen molar-refractivity contribution in [3.8, 4) is 11.3 Å². The average molecular weight is 419 g/mol. The summed E-state index contributed by atoms with van der Waals surface area (Å²) < 4.78 is 11.1. The van der Waals surface area contributed by atoms with Gasteiger partial charge in [-0.1, -0.05) is 37.5 Å². The number of benzene rings is 2. The van der Waals surface area contributed by atoms with Crippen molar-refractivity contribution in [1.82, 2.24) is 4.98 Å². The molecule has 3 aromatic rings. The van der Waals surface area contributed by atoms with Crippen molar-refractivity contribution >= 4 is 23.4 Å². The van der Waals surface area contributed by atoms with Crippen LogP contribution in [0, 0.1) is 0 Å². The molecule has 2 N–H and O–H groups in total. The molecule has 2 aromatic carbocycles. The maximum absolute atomic E-state index is 12.5. The van der Waals surface area contributed by atoms with Gasteiger partial charge in [-0.15, -0.1) is 0 Å². The van der Waals surface area contributed by atoms with Crippen molar-refractivity contribution in [2.75, 3.05) is 17.7 Å². The standard InChI is InChI=1S/C24H25N3O4/c1-30-22(28)24(14-6-3-7-15-24)21-25-16-20(31-21)17-10-12-19(13-11-17)27-23(29)26-18-8-4-2-5-9-18/h2,4-5,8-13,16H,3,6-7,14-15H2,1H3,(H2,26,27,29). The molecule has 160 valence electrons. The second kappa shape index (κ2) is 9.04. The molecule has 0 spiro atoms. The minimum Gasteiger partial charge on any atom is -0.468 e. The largest absolute Gasteiger partial charge is 0.468 e. The van der Waals surface area contributed by atoms with Gasteiger partial charge in [-0.3, -0.25) is 4.79 Å². The van der Waals surface area contributed by atoms with Crippen molar-refractivity contribution in [1.29, 1.82) is 0 Å². The number of rotatable bonds is 5. The van der Waals surface area contributed by atoms with Crippen LogP contribution in [0.3, 0.4) is 0 Å². The Bertz CT molecular complexity index is 1040. The predicted molar refractivity (Wildman–Crippen MR) is 118 cm³/mol. The fourth-order valence-electron chi connectivity index (χ4n) is 4.02. The van der Waals surface area contributed by atoms with Crippen LogP contribution in [0.2, 0.25) is 0 Å². The number of hydrogen-bond donors (Lipinski definition) is 2. The molecule has 1 fully saturated rings. The monoisotopic (exact) mass is 419 g/mol. The Balaban J connectivity index is 1.47. The van der Waals surface area contributed by atoms with E-state index in [9.17, 15) is 9.59 Å². The Morgan fingerprint density at radius 3 is 2.23 bits per heavy atom. The zero-order valence-electron chi connectivity index (χ0n) is 17.4. The number of anilines is 2. The maximum Gasteiger partial charge on any atom is 0.323 e. The van der Waals surface area contributed by atoms with Crippen LogP contribution >= 0.6 is 0 Å². The number of hydrogen-bond acceptors (Lipinski definition) is 5. The SMILES string of the molecule is COC(=O)C1(c2ncc(-c3ccc(NC(=O)Nc4ccccc4)cc3)o2)CCCCC1. The second-order valence-electron chi connectivity index (χ2n) is 7.69. The van der Waals surface area contributed by atoms with Gasteiger partial charge in [0.25, 0.3) is 0 Å². The van der Waals surface area contributed by atoms with E-state index in [0.29, 0.717) is 35.9 Å². The van der Waals surface area contributed by atoms with Crippen molar-refractivity contribution in [3.63, 3.8) is 0 Å². The van der Waals surface area contributed by atoms with Crippen molar-refractivity contribution in [2.24, 2.45) is 0 Å². The third-order valence-corrected chi connectivity index (χ3v) is 5.66. The molecular formula is C24H25N3O4. The lowest BCUT2D eigenvalue weighted by Gasteiger charge is -2.31. The topological polar surface area (TPSA) is 93.5 Å². The molecule has 1 heterocycles. The van der Waals surface area contributed by atoms with E-state index in [1.165, 1.54) is 7.11 Å². The summed E-state index contributed by atoms with van der Waals surface area (Å²) in [5.74, 6) is 0.701. The van der Waals surface area contributed by atoms with Crippen LogP contribution < -0.4 is 10.6 Å². The molecule has 1 aromatic heterocycles. The highest BCUT2D eigenvalue weighted by Crippen LogP contribution is 2.41. The molecule has 0 bridgehead atoms. The Morgan fingerprint density at radius 1 is 0.935 bits per heavy atom. The van der Waals surface area contributed by atoms with Gasteiger partial charge >= 0.3 is 12.0 Å². The number of carbonyl (C=O) groups excluding carboxylic acids is 2. The molecule has 0 aliphatic heterocycles. The number of ether oxygens (including phenoxy) is 1. The van der Waals surface area contributed by atoms with E-state index in [2.05, 4.69) is 15.6 Å². The zero-order chi connectivity index (χ0) is 21.7. The Labute approximate surface area is 180 Å². The van der Waals surface area contributed by atoms with E-state index < -0.39 is 5.41 Å². The Morgan fingerprint density at radius 2 is 1.58 bits per heavy atom. The number of urea groups is 1. The number of nitrogens with zero attached hydrogens (tertiary/aromatic N) is 1. The molecule has 2 amide bonds. The summed E-state index contributed by atoms with van der Waals surface area (Å²) in [7, 11) is 1.40. The van der Waals surface area contributed by atoms with Crippen LogP contribution in [0.25, 0.3) is 11.3 Å². The first-order chi connectivity index (χ1) is 15.1. The summed E-state index contributed by atoms with van der Waals surface area (Å²) in [6.45, 7) is 0. The number of amides is 2. The van der Waals surface area contributed by atoms with Gasteiger partial charge in [0, 0.05) is 16.9 Å². The average Bonchev–Trinajstić information content (AvgIpc) is 3.31. The molecular weight excluding hydrogens is 394 g/mol. The molecule has 7 heteroatoms. The lowest BCUT2D eigenvalue weighted by Crippen LogP contribution is -2.39. The molecule has 1 aliphatic rings. The van der Waals surface area contributed by atoms with E-state index in [1.807, 2.05) is 42.5 Å². The van der Waals surface area contributed by atoms with E-state index >= 15 is 0 Å². The van der Waals surface area contributed by atoms with Gasteiger partial charge in [0.2, 0.25) is 5.89 Å². The Hall–Kier alpha value is -3.61. The smallest absolute Gasteiger partial charge is 0.323 e. The van der Waals surface area contributed by atoms with Gasteiger partial charge in [0.05, 0.1) is 13.3 Å². The predicted octanol–water partition coefficient (Wildman–Crippen LogP) is 5.36. The van der Waals surface area contributed by atoms with Crippen LogP contribution in [0.15, 0.2) is 65.2 Å². The van der Waals surface area contributed by atoms with Crippen LogP contribution in [-0.4, -0.2) is 24.1 Å². The summed E-state index contributed by atoms with van der Waals surface area (Å²) in [5, 5.41) is 5.57. The fourth-order valence-corrected chi connectivity index (χ4v) is 4.02. The van der Waals surface area contributed by atoms with Crippen LogP contribution in [0.1, 0.15) is 38.0 Å². The molecule has 0 saturated heterocycles. The normalized spacial score (nSPS) is 15.1. The van der Waals surface area contributed by atoms with Gasteiger partial charge in [-0.2, -0.15) is 0 Å². The fraction of sp³-hybridized carbons (Fsp3) is 0.292. The molecule has 0 atom stereocenters. The third-order valence-electron chi connectivity index (χ3n) is 5.66. The van der Waals surface area contributed by atoms with E-state index in [-0.39, 0.29) is 12.0 Å². The van der Waals surface area contributed by atoms with E-state index in [1.54, 1.807) is 18.3 Å². The highest BCUT2D eigenvalue weighted by Gasteiger charge is 2.46. The first kappa shape index (κ1) is 20.7. The van der Waals surface area contributed by atoms with Crippen molar-refractivity contribution in [2.45, 2.75) is 37.5 Å². The molecule has 1 aliphatic carbocycles. The van der Waals surface area contributed by atoms with Crippen LogP contribution in [0.4, 0.5) is 16.2 Å². The minimum absolute atomic E-state index is 0.287. The number of esters is 1. The first-order valence-corrected chi connectivity index (χ1v) is 10.4. The zero-order valence-corrected chi connectivity index (χ0v) is 17.4. The summed E-state index contributed by atoms with van der Waals surface area (Å²) >= 11 is 0. The summed E-state index contributed by atoms with van der Waals surface area (Å²) in [6, 6.07) is 16.2. The highest BCUT2D eigenvalue weighted by molar-refractivity contribution is 5.99. The van der Waals surface area contributed by atoms with E-state index in [0.717, 1.165) is 24.8 Å². The molecule has 0 radical (unpaired) electrons. The van der Waals surface area contributed by atoms with Gasteiger partial charge in [0.15, 0.2) is 5.76 Å². The van der Waals surface area contributed by atoms with Gasteiger partial charge in [0.1, 0.15) is 5.41 Å². The third kappa shape index (κ3) is 4.45. The lowest BCUT2D eigenvalue weighted by molar-refractivity contribution is -0.150. The number of nitrogens with one attached hydrogen (secondary N) is 2. The number of aromatic nitrogens is 1. The van der Waals surface area contributed by atoms with Gasteiger partial charge < -0.3 is 19.8 Å². The van der Waals surface area contributed by atoms with Crippen LogP contribution in [0.5, 0.6) is 0 Å². The highest BCUT2D eigenvalue weighted by atomic mass is 16.5. The first-order valence-electron chi connectivity index (χ1n) is 10.4. The molecule has 7 nitrogen and oxygen atoms in total. The van der Waals surface area contributed by atoms with E-state index in [4.69, 9.17) is 9.15 Å². The molecule has 0 unspecified atom stereocenters. The van der Waals surface area contributed by atoms with Gasteiger partial charge in [-0.25, -0.2) is 9.78 Å². The summed E-state index contributed by atoms with van der Waals surface area (Å²) in [4.78, 5) is 29.1. The minimum atomic E-state index is -0.803. The Kier molecular flexibility index (Phi) is 6.02. The molecule has 4 rings (SSSR count). The molecule has 1 saturated carbocycles. The second-order valence-corrected chi connectivity index (χ2v) is 7.69. The van der Waals surface area contributed by atoms with Crippen molar-refractivity contribution in [3.05, 3.63) is 66.7 Å². The lowest BCUT2D eigenvalue weighted by atomic mass is 9.74.